The Balaban J connectivity index is 1.45. The van der Waals surface area contributed by atoms with Crippen LogP contribution >= 0.6 is 0 Å². The average Bonchev–Trinajstić information content (AvgIpc) is 3.25. The molecular weight excluding hydrogens is 314 g/mol. The first-order chi connectivity index (χ1) is 12.2. The van der Waals surface area contributed by atoms with Crippen LogP contribution in [0.4, 0.5) is 0 Å². The number of aromatic amines is 1. The summed E-state index contributed by atoms with van der Waals surface area (Å²) >= 11 is 0. The third-order valence-corrected chi connectivity index (χ3v) is 5.62. The monoisotopic (exact) mass is 339 g/mol. The van der Waals surface area contributed by atoms with Crippen LogP contribution in [0.15, 0.2) is 30.5 Å². The van der Waals surface area contributed by atoms with Gasteiger partial charge >= 0.3 is 0 Å². The first-order valence-electron chi connectivity index (χ1n) is 9.38. The Morgan fingerprint density at radius 1 is 0.920 bits per heavy atom. The van der Waals surface area contributed by atoms with Gasteiger partial charge in [0.25, 0.3) is 5.91 Å². The Morgan fingerprint density at radius 3 is 2.48 bits per heavy atom. The molecule has 0 atom stereocenters. The van der Waals surface area contributed by atoms with Crippen LogP contribution in [0.25, 0.3) is 10.9 Å². The molecule has 132 valence electrons. The summed E-state index contributed by atoms with van der Waals surface area (Å²) < 4.78 is 0. The zero-order valence-corrected chi connectivity index (χ0v) is 14.5. The van der Waals surface area contributed by atoms with Crippen LogP contribution in [0.3, 0.4) is 0 Å². The topological polar surface area (TPSA) is 56.4 Å². The largest absolute Gasteiger partial charge is 0.360 e. The van der Waals surface area contributed by atoms with Crippen molar-refractivity contribution in [1.29, 1.82) is 0 Å². The number of para-hydroxylation sites is 1. The fourth-order valence-electron chi connectivity index (χ4n) is 4.19. The molecule has 1 aromatic heterocycles. The number of nitrogens with zero attached hydrogens (tertiary/aromatic N) is 2. The molecule has 0 radical (unpaired) electrons. The smallest absolute Gasteiger partial charge is 0.256 e. The van der Waals surface area contributed by atoms with Crippen LogP contribution in [0.2, 0.25) is 0 Å². The van der Waals surface area contributed by atoms with Gasteiger partial charge in [0, 0.05) is 49.2 Å². The summed E-state index contributed by atoms with van der Waals surface area (Å²) in [6, 6.07) is 7.88. The molecule has 0 spiro atoms. The van der Waals surface area contributed by atoms with E-state index < -0.39 is 0 Å². The summed E-state index contributed by atoms with van der Waals surface area (Å²) in [6.45, 7) is 2.76. The number of amides is 2. The van der Waals surface area contributed by atoms with E-state index >= 15 is 0 Å². The van der Waals surface area contributed by atoms with Crippen molar-refractivity contribution in [2.24, 2.45) is 5.92 Å². The van der Waals surface area contributed by atoms with E-state index in [9.17, 15) is 9.59 Å². The Morgan fingerprint density at radius 2 is 1.64 bits per heavy atom. The lowest BCUT2D eigenvalue weighted by Gasteiger charge is -2.24. The van der Waals surface area contributed by atoms with Gasteiger partial charge in [-0.3, -0.25) is 9.59 Å². The first kappa shape index (κ1) is 16.2. The van der Waals surface area contributed by atoms with Crippen molar-refractivity contribution >= 4 is 22.7 Å². The number of hydrogen-bond acceptors (Lipinski definition) is 2. The molecule has 1 N–H and O–H groups in total. The number of hydrogen-bond donors (Lipinski definition) is 1. The van der Waals surface area contributed by atoms with Crippen molar-refractivity contribution in [3.8, 4) is 0 Å². The minimum absolute atomic E-state index is 0.0626. The molecule has 2 amide bonds. The van der Waals surface area contributed by atoms with Crippen molar-refractivity contribution in [2.75, 3.05) is 26.2 Å². The summed E-state index contributed by atoms with van der Waals surface area (Å²) in [7, 11) is 0. The number of H-pyrrole nitrogens is 1. The fraction of sp³-hybridized carbons (Fsp3) is 0.500. The van der Waals surface area contributed by atoms with Crippen molar-refractivity contribution in [2.45, 2.75) is 32.1 Å². The van der Waals surface area contributed by atoms with Gasteiger partial charge in [-0.05, 0) is 25.3 Å². The summed E-state index contributed by atoms with van der Waals surface area (Å²) in [5.41, 5.74) is 1.71. The molecule has 1 aliphatic carbocycles. The summed E-state index contributed by atoms with van der Waals surface area (Å²) in [6.07, 6.45) is 7.08. The van der Waals surface area contributed by atoms with Gasteiger partial charge in [-0.1, -0.05) is 31.0 Å². The standard InChI is InChI=1S/C20H25N3O2/c24-19(15-6-1-2-7-15)22-10-5-11-23(13-12-22)20(25)17-14-21-18-9-4-3-8-16(17)18/h3-4,8-9,14-15,21H,1-2,5-7,10-13H2. The second-order valence-corrected chi connectivity index (χ2v) is 7.20. The number of fused-ring (bicyclic) bond motifs is 1. The molecule has 5 nitrogen and oxygen atoms in total. The van der Waals surface area contributed by atoms with E-state index in [0.717, 1.165) is 42.3 Å². The van der Waals surface area contributed by atoms with Gasteiger partial charge in [0.15, 0.2) is 0 Å². The van der Waals surface area contributed by atoms with Crippen molar-refractivity contribution in [3.63, 3.8) is 0 Å². The number of carbonyl (C=O) groups is 2. The molecular formula is C20H25N3O2. The molecule has 0 bridgehead atoms. The lowest BCUT2D eigenvalue weighted by atomic mass is 10.1. The minimum atomic E-state index is 0.0626. The highest BCUT2D eigenvalue weighted by molar-refractivity contribution is 6.06. The highest BCUT2D eigenvalue weighted by Crippen LogP contribution is 2.27. The summed E-state index contributed by atoms with van der Waals surface area (Å²) in [5.74, 6) is 0.586. The van der Waals surface area contributed by atoms with Gasteiger partial charge in [-0.25, -0.2) is 0 Å². The number of rotatable bonds is 2. The van der Waals surface area contributed by atoms with Gasteiger partial charge in [-0.2, -0.15) is 0 Å². The predicted octanol–water partition coefficient (Wildman–Crippen LogP) is 3.03. The lowest BCUT2D eigenvalue weighted by Crippen LogP contribution is -2.39. The highest BCUT2D eigenvalue weighted by atomic mass is 16.2. The molecule has 4 rings (SSSR count). The number of nitrogens with one attached hydrogen (secondary N) is 1. The molecule has 2 aliphatic rings. The number of aromatic nitrogens is 1. The molecule has 1 saturated heterocycles. The lowest BCUT2D eigenvalue weighted by molar-refractivity contribution is -0.135. The third kappa shape index (κ3) is 3.15. The molecule has 5 heteroatoms. The van der Waals surface area contributed by atoms with Crippen molar-refractivity contribution in [3.05, 3.63) is 36.0 Å². The molecule has 2 heterocycles. The maximum Gasteiger partial charge on any atom is 0.256 e. The van der Waals surface area contributed by atoms with Crippen LogP contribution in [0.1, 0.15) is 42.5 Å². The van der Waals surface area contributed by atoms with Crippen LogP contribution in [0.5, 0.6) is 0 Å². The van der Waals surface area contributed by atoms with Crippen LogP contribution in [0, 0.1) is 5.92 Å². The Kier molecular flexibility index (Phi) is 4.47. The SMILES string of the molecule is O=C(c1c[nH]c2ccccc12)N1CCCN(C(=O)C2CCCC2)CC1. The molecule has 0 unspecified atom stereocenters. The Labute approximate surface area is 148 Å². The summed E-state index contributed by atoms with van der Waals surface area (Å²) in [5, 5.41) is 0.968. The molecule has 1 aliphatic heterocycles. The van der Waals surface area contributed by atoms with Gasteiger partial charge in [0.1, 0.15) is 0 Å². The van der Waals surface area contributed by atoms with Crippen molar-refractivity contribution in [1.82, 2.24) is 14.8 Å². The van der Waals surface area contributed by atoms with E-state index in [1.54, 1.807) is 6.20 Å². The maximum atomic E-state index is 13.0. The van der Waals surface area contributed by atoms with E-state index in [1.165, 1.54) is 12.8 Å². The fourth-order valence-corrected chi connectivity index (χ4v) is 4.19. The van der Waals surface area contributed by atoms with E-state index in [-0.39, 0.29) is 11.8 Å². The molecule has 1 saturated carbocycles. The second kappa shape index (κ2) is 6.90. The highest BCUT2D eigenvalue weighted by Gasteiger charge is 2.29. The second-order valence-electron chi connectivity index (χ2n) is 7.20. The molecule has 25 heavy (non-hydrogen) atoms. The quantitative estimate of drug-likeness (QED) is 0.914. The van der Waals surface area contributed by atoms with Crippen LogP contribution in [-0.4, -0.2) is 52.8 Å². The minimum Gasteiger partial charge on any atom is -0.360 e. The Bertz CT molecular complexity index is 776. The average molecular weight is 339 g/mol. The molecule has 1 aromatic carbocycles. The van der Waals surface area contributed by atoms with Gasteiger partial charge in [0.05, 0.1) is 5.56 Å². The van der Waals surface area contributed by atoms with E-state index in [4.69, 9.17) is 0 Å². The zero-order chi connectivity index (χ0) is 17.2. The van der Waals surface area contributed by atoms with E-state index in [1.807, 2.05) is 34.1 Å². The van der Waals surface area contributed by atoms with Crippen molar-refractivity contribution < 1.29 is 9.59 Å². The first-order valence-corrected chi connectivity index (χ1v) is 9.38. The van der Waals surface area contributed by atoms with Crippen LogP contribution in [-0.2, 0) is 4.79 Å². The molecule has 2 aromatic rings. The number of benzene rings is 1. The normalized spacial score (nSPS) is 19.4. The Hall–Kier alpha value is -2.30. The van der Waals surface area contributed by atoms with Gasteiger partial charge in [-0.15, -0.1) is 0 Å². The third-order valence-electron chi connectivity index (χ3n) is 5.62. The zero-order valence-electron chi connectivity index (χ0n) is 14.5. The van der Waals surface area contributed by atoms with Gasteiger partial charge in [0.2, 0.25) is 5.91 Å². The summed E-state index contributed by atoms with van der Waals surface area (Å²) in [4.78, 5) is 32.7. The maximum absolute atomic E-state index is 13.0. The molecule has 2 fully saturated rings. The van der Waals surface area contributed by atoms with Gasteiger partial charge < -0.3 is 14.8 Å². The van der Waals surface area contributed by atoms with E-state index in [0.29, 0.717) is 25.5 Å². The van der Waals surface area contributed by atoms with E-state index in [2.05, 4.69) is 4.98 Å². The number of carbonyl (C=O) groups excluding carboxylic acids is 2. The predicted molar refractivity (Wildman–Crippen MR) is 97.4 cm³/mol. The van der Waals surface area contributed by atoms with Crippen LogP contribution < -0.4 is 0 Å².